The van der Waals surface area contributed by atoms with Crippen LogP contribution in [0.15, 0.2) is 29.6 Å². The molecule has 0 radical (unpaired) electrons. The predicted octanol–water partition coefficient (Wildman–Crippen LogP) is 4.08. The largest absolute Gasteiger partial charge is 0.478 e. The van der Waals surface area contributed by atoms with Crippen LogP contribution in [0.5, 0.6) is 0 Å². The lowest BCUT2D eigenvalue weighted by Gasteiger charge is -2.01. The van der Waals surface area contributed by atoms with Crippen LogP contribution in [-0.4, -0.2) is 11.1 Å². The van der Waals surface area contributed by atoms with Crippen molar-refractivity contribution in [2.24, 2.45) is 0 Å². The van der Waals surface area contributed by atoms with E-state index in [4.69, 9.17) is 16.7 Å². The van der Waals surface area contributed by atoms with E-state index in [1.54, 1.807) is 12.1 Å². The third-order valence-electron chi connectivity index (χ3n) is 2.34. The molecule has 82 valence electrons. The molecule has 2 rings (SSSR count). The maximum atomic E-state index is 11.1. The lowest BCUT2D eigenvalue weighted by molar-refractivity contribution is 0.0697. The van der Waals surface area contributed by atoms with E-state index in [0.29, 0.717) is 10.6 Å². The quantitative estimate of drug-likeness (QED) is 0.875. The molecular weight excluding hydrogens is 244 g/mol. The molecule has 0 aliphatic carbocycles. The summed E-state index contributed by atoms with van der Waals surface area (Å²) in [6.45, 7) is 1.81. The fraction of sp³-hybridized carbons (Fsp3) is 0.0833. The van der Waals surface area contributed by atoms with Gasteiger partial charge in [-0.05, 0) is 30.0 Å². The van der Waals surface area contributed by atoms with Gasteiger partial charge in [0.2, 0.25) is 0 Å². The van der Waals surface area contributed by atoms with E-state index in [9.17, 15) is 4.79 Å². The number of benzene rings is 1. The lowest BCUT2D eigenvalue weighted by atomic mass is 10.0. The molecule has 0 fully saturated rings. The number of carboxylic acid groups (broad SMARTS) is 1. The summed E-state index contributed by atoms with van der Waals surface area (Å²) in [5.41, 5.74) is 2.02. The zero-order valence-corrected chi connectivity index (χ0v) is 10.1. The molecule has 4 heteroatoms. The van der Waals surface area contributed by atoms with Crippen LogP contribution < -0.4 is 0 Å². The zero-order valence-electron chi connectivity index (χ0n) is 8.53. The molecule has 2 nitrogen and oxygen atoms in total. The molecular formula is C12H9ClO2S. The Kier molecular flexibility index (Phi) is 2.99. The van der Waals surface area contributed by atoms with Crippen molar-refractivity contribution in [1.29, 1.82) is 0 Å². The molecule has 0 spiro atoms. The van der Waals surface area contributed by atoms with Crippen molar-refractivity contribution in [3.8, 4) is 11.1 Å². The summed E-state index contributed by atoms with van der Waals surface area (Å²) < 4.78 is 0. The molecule has 2 aromatic rings. The molecule has 1 N–H and O–H groups in total. The molecule has 0 aliphatic rings. The van der Waals surface area contributed by atoms with Gasteiger partial charge in [-0.1, -0.05) is 23.7 Å². The molecule has 16 heavy (non-hydrogen) atoms. The highest BCUT2D eigenvalue weighted by Gasteiger charge is 2.16. The minimum absolute atomic E-state index is 0.382. The summed E-state index contributed by atoms with van der Waals surface area (Å²) in [6.07, 6.45) is 0. The van der Waals surface area contributed by atoms with Crippen LogP contribution >= 0.6 is 22.9 Å². The van der Waals surface area contributed by atoms with Crippen LogP contribution in [0.25, 0.3) is 11.1 Å². The van der Waals surface area contributed by atoms with Gasteiger partial charge in [-0.15, -0.1) is 11.3 Å². The van der Waals surface area contributed by atoms with Crippen LogP contribution in [0, 0.1) is 6.92 Å². The van der Waals surface area contributed by atoms with Crippen molar-refractivity contribution in [2.45, 2.75) is 6.92 Å². The summed E-state index contributed by atoms with van der Waals surface area (Å²) in [5, 5.41) is 11.6. The molecule has 0 saturated carbocycles. The number of aromatic carboxylic acids is 1. The summed E-state index contributed by atoms with van der Waals surface area (Å²) in [7, 11) is 0. The number of aryl methyl sites for hydroxylation is 1. The third-order valence-corrected chi connectivity index (χ3v) is 3.51. The van der Waals surface area contributed by atoms with Gasteiger partial charge in [0.25, 0.3) is 0 Å². The number of hydrogen-bond acceptors (Lipinski definition) is 2. The van der Waals surface area contributed by atoms with Crippen LogP contribution in [0.3, 0.4) is 0 Å². The fourth-order valence-corrected chi connectivity index (χ4v) is 2.55. The van der Waals surface area contributed by atoms with Gasteiger partial charge in [0.05, 0.1) is 5.56 Å². The van der Waals surface area contributed by atoms with Gasteiger partial charge in [0, 0.05) is 15.5 Å². The first-order valence-electron chi connectivity index (χ1n) is 4.67. The Hall–Kier alpha value is -1.32. The Morgan fingerprint density at radius 2 is 1.94 bits per heavy atom. The molecule has 0 saturated heterocycles. The van der Waals surface area contributed by atoms with E-state index >= 15 is 0 Å². The smallest absolute Gasteiger partial charge is 0.337 e. The molecule has 0 amide bonds. The molecule has 0 aliphatic heterocycles. The Morgan fingerprint density at radius 3 is 2.50 bits per heavy atom. The first-order chi connectivity index (χ1) is 7.59. The number of carboxylic acids is 1. The van der Waals surface area contributed by atoms with Crippen molar-refractivity contribution < 1.29 is 9.90 Å². The van der Waals surface area contributed by atoms with Gasteiger partial charge in [-0.3, -0.25) is 0 Å². The standard InChI is InChI=1S/C12H9ClO2S/c1-7-11(12(14)15)10(6-16-7)8-2-4-9(13)5-3-8/h2-6H,1H3,(H,14,15). The van der Waals surface area contributed by atoms with Gasteiger partial charge in [0.1, 0.15) is 0 Å². The highest BCUT2D eigenvalue weighted by atomic mass is 35.5. The van der Waals surface area contributed by atoms with Crippen molar-refractivity contribution in [3.63, 3.8) is 0 Å². The van der Waals surface area contributed by atoms with Gasteiger partial charge >= 0.3 is 5.97 Å². The molecule has 0 unspecified atom stereocenters. The van der Waals surface area contributed by atoms with E-state index in [0.717, 1.165) is 16.0 Å². The predicted molar refractivity (Wildman–Crippen MR) is 66.5 cm³/mol. The maximum absolute atomic E-state index is 11.1. The highest BCUT2D eigenvalue weighted by Crippen LogP contribution is 2.31. The van der Waals surface area contributed by atoms with Crippen LogP contribution in [0.1, 0.15) is 15.2 Å². The average molecular weight is 253 g/mol. The average Bonchev–Trinajstić information content (AvgIpc) is 2.61. The van der Waals surface area contributed by atoms with Gasteiger partial charge in [-0.2, -0.15) is 0 Å². The first-order valence-corrected chi connectivity index (χ1v) is 5.92. The number of rotatable bonds is 2. The number of carbonyl (C=O) groups is 1. The van der Waals surface area contributed by atoms with Crippen molar-refractivity contribution >= 4 is 28.9 Å². The van der Waals surface area contributed by atoms with Crippen LogP contribution in [0.2, 0.25) is 5.02 Å². The third kappa shape index (κ3) is 1.96. The molecule has 0 atom stereocenters. The highest BCUT2D eigenvalue weighted by molar-refractivity contribution is 7.10. The summed E-state index contributed by atoms with van der Waals surface area (Å²) in [5.74, 6) is -0.885. The summed E-state index contributed by atoms with van der Waals surface area (Å²) in [4.78, 5) is 11.9. The van der Waals surface area contributed by atoms with Crippen LogP contribution in [0.4, 0.5) is 0 Å². The molecule has 1 aromatic heterocycles. The second-order valence-corrected chi connectivity index (χ2v) is 4.91. The monoisotopic (exact) mass is 252 g/mol. The SMILES string of the molecule is Cc1scc(-c2ccc(Cl)cc2)c1C(=O)O. The van der Waals surface area contributed by atoms with Crippen molar-refractivity contribution in [1.82, 2.24) is 0 Å². The van der Waals surface area contributed by atoms with Gasteiger partial charge in [-0.25, -0.2) is 4.79 Å². The van der Waals surface area contributed by atoms with E-state index in [1.165, 1.54) is 11.3 Å². The van der Waals surface area contributed by atoms with E-state index in [-0.39, 0.29) is 0 Å². The molecule has 0 bridgehead atoms. The van der Waals surface area contributed by atoms with Gasteiger partial charge in [0.15, 0.2) is 0 Å². The minimum Gasteiger partial charge on any atom is -0.478 e. The van der Waals surface area contributed by atoms with Crippen LogP contribution in [-0.2, 0) is 0 Å². The van der Waals surface area contributed by atoms with E-state index < -0.39 is 5.97 Å². The number of thiophene rings is 1. The Labute approximate surface area is 102 Å². The molecule has 1 aromatic carbocycles. The fourth-order valence-electron chi connectivity index (χ4n) is 1.56. The van der Waals surface area contributed by atoms with Crippen molar-refractivity contribution in [3.05, 3.63) is 45.1 Å². The maximum Gasteiger partial charge on any atom is 0.337 e. The Morgan fingerprint density at radius 1 is 1.31 bits per heavy atom. The molecule has 1 heterocycles. The number of halogens is 1. The Bertz CT molecular complexity index is 528. The van der Waals surface area contributed by atoms with Crippen molar-refractivity contribution in [2.75, 3.05) is 0 Å². The summed E-state index contributed by atoms with van der Waals surface area (Å²) >= 11 is 7.24. The lowest BCUT2D eigenvalue weighted by Crippen LogP contribution is -1.98. The number of hydrogen-bond donors (Lipinski definition) is 1. The first kappa shape index (κ1) is 11.2. The minimum atomic E-state index is -0.885. The van der Waals surface area contributed by atoms with E-state index in [2.05, 4.69) is 0 Å². The second kappa shape index (κ2) is 4.28. The van der Waals surface area contributed by atoms with Gasteiger partial charge < -0.3 is 5.11 Å². The Balaban J connectivity index is 2.56. The topological polar surface area (TPSA) is 37.3 Å². The second-order valence-electron chi connectivity index (χ2n) is 3.39. The zero-order chi connectivity index (χ0) is 11.7. The normalized spacial score (nSPS) is 10.4. The summed E-state index contributed by atoms with van der Waals surface area (Å²) in [6, 6.07) is 7.18. The van der Waals surface area contributed by atoms with E-state index in [1.807, 2.05) is 24.4 Å².